The summed E-state index contributed by atoms with van der Waals surface area (Å²) in [5.41, 5.74) is 8.89. The number of ketones is 1. The maximum Gasteiger partial charge on any atom is 0.164 e. The number of benzene rings is 6. The molecule has 15 heteroatoms. The molecule has 3 saturated carbocycles. The van der Waals surface area contributed by atoms with Gasteiger partial charge in [0, 0.05) is 70.9 Å². The van der Waals surface area contributed by atoms with E-state index < -0.39 is 52.1 Å². The molecule has 4 aliphatic carbocycles. The molecule has 13 rings (SSSR count). The molecule has 11 nitrogen and oxygen atoms in total. The van der Waals surface area contributed by atoms with Gasteiger partial charge in [-0.15, -0.1) is 0 Å². The zero-order valence-corrected chi connectivity index (χ0v) is 58.3. The molecule has 1 aromatic heterocycles. The number of aromatic hydroxyl groups is 3. The molecule has 3 fully saturated rings. The molecule has 0 spiro atoms. The number of aromatic amines is 1. The van der Waals surface area contributed by atoms with E-state index >= 15 is 4.79 Å². The molecule has 94 heavy (non-hydrogen) atoms. The minimum atomic E-state index is -1.79. The molecule has 3 heterocycles. The van der Waals surface area contributed by atoms with Crippen molar-refractivity contribution < 1.29 is 44.9 Å². The van der Waals surface area contributed by atoms with Crippen molar-refractivity contribution in [2.75, 3.05) is 38.0 Å². The van der Waals surface area contributed by atoms with Gasteiger partial charge in [-0.1, -0.05) is 162 Å². The van der Waals surface area contributed by atoms with Gasteiger partial charge in [-0.2, -0.15) is 0 Å². The summed E-state index contributed by atoms with van der Waals surface area (Å²) in [6, 6.07) is 34.8. The largest absolute Gasteiger partial charge is 0.507 e. The van der Waals surface area contributed by atoms with E-state index in [0.717, 1.165) is 132 Å². The normalized spacial score (nSPS) is 28.9. The van der Waals surface area contributed by atoms with E-state index in [-0.39, 0.29) is 59.9 Å². The summed E-state index contributed by atoms with van der Waals surface area (Å²) in [5, 5.41) is 82.3. The van der Waals surface area contributed by atoms with Crippen molar-refractivity contribution >= 4 is 65.8 Å². The van der Waals surface area contributed by atoms with Crippen LogP contribution in [0, 0.1) is 41.4 Å². The summed E-state index contributed by atoms with van der Waals surface area (Å²) in [4.78, 5) is 21.3. The molecule has 8 N–H and O–H groups in total. The summed E-state index contributed by atoms with van der Waals surface area (Å²) < 4.78 is 13.1. The number of fused-ring (bicyclic) bond motifs is 8. The van der Waals surface area contributed by atoms with Crippen LogP contribution in [0.15, 0.2) is 122 Å². The summed E-state index contributed by atoms with van der Waals surface area (Å²) >= 11 is 0. The van der Waals surface area contributed by atoms with E-state index in [2.05, 4.69) is 97.8 Å². The van der Waals surface area contributed by atoms with Crippen LogP contribution in [0.2, 0.25) is 0 Å². The molecule has 498 valence electrons. The van der Waals surface area contributed by atoms with Crippen molar-refractivity contribution in [3.05, 3.63) is 188 Å². The molecule has 0 saturated heterocycles. The van der Waals surface area contributed by atoms with Crippen LogP contribution >= 0.6 is 43.2 Å². The molecular formula is C79H94N2O9S4. The Balaban J connectivity index is 1.00. The van der Waals surface area contributed by atoms with Crippen LogP contribution in [0.3, 0.4) is 0 Å². The van der Waals surface area contributed by atoms with E-state index in [9.17, 15) is 30.6 Å². The standard InChI is InChI=1S/C79H94N2O9S4/c1-6-50-21-22-51-15-10-17-60-71(42-82)94-93-44-57-37-72(86)79(65-45-92-91-43-55-14-7-8-18-69(55)90-70-36-54(65)24-27-66(70)83,77(88)74(57)75(87)56(34-49-29-31-81-41-49)35-52-23-28-67(84)76(89-5)62(52)40-61(50)73(51)60)58-38-64-59(68(85)39-58)25-26-63-53(16-11-30-78(63,64)80-4)33-48-13-9-12-47(32-48)20-19-46(2)3/h9-10,12-13,15,17,21-29,31-32,36,38-39,41,46,53,55-57,63,65,69,71-72,74-75,80-87H,6-8,11,14,16,18-20,30,33-35,37,40,42-45H2,1-5H3/t53-,55-,56-,57+,63-,65+,69+,71+,72-,74-,75+,78+,79-/m1/s1. The average Bonchev–Trinajstić information content (AvgIpc) is 0.720. The maximum absolute atomic E-state index is 18.0. The van der Waals surface area contributed by atoms with Gasteiger partial charge in [0.2, 0.25) is 0 Å². The quantitative estimate of drug-likeness (QED) is 0.0510. The van der Waals surface area contributed by atoms with Crippen LogP contribution in [0.25, 0.3) is 16.8 Å². The molecule has 0 amide bonds. The van der Waals surface area contributed by atoms with Gasteiger partial charge in [0.25, 0.3) is 0 Å². The van der Waals surface area contributed by atoms with E-state index in [1.807, 2.05) is 49.8 Å². The number of hydrogen-bond donors (Lipinski definition) is 8. The molecule has 0 radical (unpaired) electrons. The topological polar surface area (TPSA) is 185 Å². The number of carbonyl (C=O) groups excluding carboxylic acids is 1. The first-order chi connectivity index (χ1) is 45.7. The van der Waals surface area contributed by atoms with Crippen molar-refractivity contribution in [3.63, 3.8) is 0 Å². The number of aryl methyl sites for hydroxylation is 2. The van der Waals surface area contributed by atoms with Crippen LogP contribution in [0.5, 0.6) is 28.7 Å². The number of Topliss-reactive ketones (excluding diaryl/α,β-unsaturated/α-hetero) is 1. The number of aliphatic hydroxyl groups is 3. The van der Waals surface area contributed by atoms with Gasteiger partial charge in [-0.05, 0) is 205 Å². The Bertz CT molecular complexity index is 3870. The molecule has 6 aliphatic rings. The lowest BCUT2D eigenvalue weighted by Crippen LogP contribution is -2.63. The number of phenols is 3. The number of aliphatic hydroxyl groups excluding tert-OH is 3. The van der Waals surface area contributed by atoms with Crippen LogP contribution in [0.1, 0.15) is 156 Å². The Morgan fingerprint density at radius 3 is 2.39 bits per heavy atom. The lowest BCUT2D eigenvalue weighted by molar-refractivity contribution is -0.150. The SMILES string of the molecule is CCc1ccc2cccc3c2c1Cc1c(ccc(O)c1OC)C[C@@H](Cc1cc[nH]c1)[C@H](O)[C@@H]1C(=O)[C@](c2cc(O)c4c(c2)[C@]2(NC)CCC[C@H](Cc5cccc(CCC(C)C)c5)[C@H]2C=C4)([C@H]2CSSC[C@H]4CCCC[C@@H]4Oc4cc2ccc4O)[C@H](O)C[C@H]1CSS[C@H]3CO. The number of phenolic OH excluding ortho intramolecular Hbond substituents is 3. The number of nitrogens with one attached hydrogen (secondary N) is 2. The summed E-state index contributed by atoms with van der Waals surface area (Å²) in [6.45, 7) is 6.54. The fourth-order valence-corrected chi connectivity index (χ4v) is 23.6. The summed E-state index contributed by atoms with van der Waals surface area (Å²) in [6.07, 6.45) is 17.3. The van der Waals surface area contributed by atoms with Crippen molar-refractivity contribution in [2.45, 2.75) is 158 Å². The van der Waals surface area contributed by atoms with E-state index in [1.165, 1.54) is 11.1 Å². The van der Waals surface area contributed by atoms with Crippen molar-refractivity contribution in [1.82, 2.24) is 10.3 Å². The predicted molar refractivity (Wildman–Crippen MR) is 387 cm³/mol. The molecule has 13 atom stereocenters. The predicted octanol–water partition coefficient (Wildman–Crippen LogP) is 15.9. The highest BCUT2D eigenvalue weighted by molar-refractivity contribution is 8.77. The second-order valence-corrected chi connectivity index (χ2v) is 33.5. The van der Waals surface area contributed by atoms with Crippen LogP contribution in [0.4, 0.5) is 0 Å². The third-order valence-corrected chi connectivity index (χ3v) is 28.1. The van der Waals surface area contributed by atoms with Crippen LogP contribution in [-0.2, 0) is 54.3 Å². The van der Waals surface area contributed by atoms with Gasteiger partial charge >= 0.3 is 0 Å². The Hall–Kier alpha value is -5.49. The van der Waals surface area contributed by atoms with Gasteiger partial charge in [-0.25, -0.2) is 0 Å². The molecule has 7 aromatic rings. The highest BCUT2D eigenvalue weighted by Gasteiger charge is 2.62. The number of H-pyrrole nitrogens is 1. The molecule has 0 unspecified atom stereocenters. The lowest BCUT2D eigenvalue weighted by Gasteiger charge is -2.54. The first kappa shape index (κ1) is 67.1. The number of carbonyl (C=O) groups is 1. The van der Waals surface area contributed by atoms with Crippen molar-refractivity contribution in [2.24, 2.45) is 41.4 Å². The van der Waals surface area contributed by atoms with E-state index in [4.69, 9.17) is 9.47 Å². The minimum absolute atomic E-state index is 0.00195. The average molecular weight is 1340 g/mol. The Morgan fingerprint density at radius 2 is 1.60 bits per heavy atom. The number of rotatable bonds is 13. The third kappa shape index (κ3) is 12.8. The molecule has 6 aromatic carbocycles. The molecule has 2 aliphatic heterocycles. The Kier molecular flexibility index (Phi) is 20.6. The number of methoxy groups -OCH3 is 1. The summed E-state index contributed by atoms with van der Waals surface area (Å²) in [7, 11) is 10.2. The van der Waals surface area contributed by atoms with E-state index in [0.29, 0.717) is 59.3 Å². The van der Waals surface area contributed by atoms with E-state index in [1.54, 1.807) is 68.5 Å². The molecule has 2 bridgehead atoms. The van der Waals surface area contributed by atoms with Crippen molar-refractivity contribution in [1.29, 1.82) is 0 Å². The maximum atomic E-state index is 18.0. The monoisotopic (exact) mass is 1340 g/mol. The summed E-state index contributed by atoms with van der Waals surface area (Å²) in [5.74, 6) is 0.180. The second kappa shape index (κ2) is 28.9. The second-order valence-electron chi connectivity index (χ2n) is 28.4. The van der Waals surface area contributed by atoms with Gasteiger partial charge < -0.3 is 50.4 Å². The lowest BCUT2D eigenvalue weighted by atomic mass is 9.51. The number of aromatic nitrogens is 1. The zero-order chi connectivity index (χ0) is 65.4. The zero-order valence-electron chi connectivity index (χ0n) is 55.0. The van der Waals surface area contributed by atoms with Crippen molar-refractivity contribution in [3.8, 4) is 28.7 Å². The van der Waals surface area contributed by atoms with Gasteiger partial charge in [-0.3, -0.25) is 4.79 Å². The molecular weight excluding hydrogens is 1250 g/mol. The third-order valence-electron chi connectivity index (χ3n) is 22.7. The fourth-order valence-electron chi connectivity index (χ4n) is 17.9. The number of hydrogen-bond acceptors (Lipinski definition) is 14. The first-order valence-electron chi connectivity index (χ1n) is 34.6. The number of ether oxygens (including phenoxy) is 2. The Morgan fingerprint density at radius 1 is 0.798 bits per heavy atom. The van der Waals surface area contributed by atoms with Gasteiger partial charge in [0.05, 0.1) is 42.1 Å². The minimum Gasteiger partial charge on any atom is -0.507 e. The van der Waals surface area contributed by atoms with Gasteiger partial charge in [0.15, 0.2) is 28.8 Å². The van der Waals surface area contributed by atoms with Crippen LogP contribution in [-0.4, -0.2) is 97.7 Å². The van der Waals surface area contributed by atoms with Gasteiger partial charge in [0.1, 0.15) is 11.9 Å². The Labute approximate surface area is 571 Å². The smallest absolute Gasteiger partial charge is 0.164 e. The fraction of sp³-hybridized carbons (Fsp3) is 0.481. The highest BCUT2D eigenvalue weighted by Crippen LogP contribution is 2.60. The highest BCUT2D eigenvalue weighted by atomic mass is 33.1. The first-order valence-corrected chi connectivity index (χ1v) is 39.4. The van der Waals surface area contributed by atoms with Crippen LogP contribution < -0.4 is 14.8 Å².